The van der Waals surface area contributed by atoms with Crippen molar-refractivity contribution < 1.29 is 19.7 Å². The third kappa shape index (κ3) is 1.39. The predicted molar refractivity (Wildman–Crippen MR) is 69.2 cm³/mol. The largest absolute Gasteiger partial charge is 0.458 e. The molecule has 0 bridgehead atoms. The first-order valence-corrected chi connectivity index (χ1v) is 7.11. The number of ether oxygens (including phenoxy) is 1. The molecule has 0 unspecified atom stereocenters. The van der Waals surface area contributed by atoms with Gasteiger partial charge < -0.3 is 14.9 Å². The highest BCUT2D eigenvalue weighted by atomic mass is 16.6. The zero-order chi connectivity index (χ0) is 14.0. The Morgan fingerprint density at radius 1 is 1.42 bits per heavy atom. The van der Waals surface area contributed by atoms with Gasteiger partial charge in [0, 0.05) is 11.3 Å². The molecular formula is C15H22O4. The summed E-state index contributed by atoms with van der Waals surface area (Å²) in [5, 5.41) is 21.6. The minimum Gasteiger partial charge on any atom is -0.458 e. The molecule has 0 aromatic carbocycles. The molecule has 4 nitrogen and oxygen atoms in total. The Bertz CT molecular complexity index is 445. The van der Waals surface area contributed by atoms with E-state index in [4.69, 9.17) is 4.74 Å². The zero-order valence-corrected chi connectivity index (χ0v) is 11.6. The predicted octanol–water partition coefficient (Wildman–Crippen LogP) is 1.41. The molecule has 0 aromatic heterocycles. The molecule has 1 saturated heterocycles. The summed E-state index contributed by atoms with van der Waals surface area (Å²) in [4.78, 5) is 11.8. The van der Waals surface area contributed by atoms with E-state index in [1.165, 1.54) is 0 Å². The van der Waals surface area contributed by atoms with Crippen LogP contribution >= 0.6 is 0 Å². The van der Waals surface area contributed by atoms with Crippen LogP contribution in [0.3, 0.4) is 0 Å². The van der Waals surface area contributed by atoms with Crippen LogP contribution in [0.2, 0.25) is 0 Å². The molecular weight excluding hydrogens is 244 g/mol. The van der Waals surface area contributed by atoms with E-state index >= 15 is 0 Å². The van der Waals surface area contributed by atoms with Gasteiger partial charge in [0.25, 0.3) is 0 Å². The molecule has 2 aliphatic carbocycles. The van der Waals surface area contributed by atoms with E-state index < -0.39 is 23.2 Å². The fourth-order valence-corrected chi connectivity index (χ4v) is 4.38. The quantitative estimate of drug-likeness (QED) is 0.514. The van der Waals surface area contributed by atoms with Gasteiger partial charge in [0.2, 0.25) is 0 Å². The lowest BCUT2D eigenvalue weighted by molar-refractivity contribution is -0.216. The van der Waals surface area contributed by atoms with Crippen LogP contribution in [0.25, 0.3) is 0 Å². The van der Waals surface area contributed by atoms with Crippen molar-refractivity contribution in [3.8, 4) is 0 Å². The standard InChI is InChI=1S/C15H22O4/c1-8-4-5-11(16)14(3)7-6-10-9(2)13(17)19-12(10)15(8,14)18/h9-12,16,18H,1,4-7H2,2-3H3/t9-,10+,11-,12+,14-,15-/m0/s1. The van der Waals surface area contributed by atoms with Gasteiger partial charge in [0.05, 0.1) is 12.0 Å². The Morgan fingerprint density at radius 3 is 2.79 bits per heavy atom. The van der Waals surface area contributed by atoms with Gasteiger partial charge in [-0.15, -0.1) is 0 Å². The fraction of sp³-hybridized carbons (Fsp3) is 0.800. The van der Waals surface area contributed by atoms with E-state index in [-0.39, 0.29) is 17.8 Å². The maximum absolute atomic E-state index is 11.8. The number of carbonyl (C=O) groups is 1. The van der Waals surface area contributed by atoms with Crippen LogP contribution in [-0.4, -0.2) is 34.0 Å². The molecule has 2 saturated carbocycles. The Kier molecular flexibility index (Phi) is 2.64. The lowest BCUT2D eigenvalue weighted by Crippen LogP contribution is -2.67. The number of esters is 1. The number of hydrogen-bond acceptors (Lipinski definition) is 4. The topological polar surface area (TPSA) is 66.8 Å². The van der Waals surface area contributed by atoms with E-state index in [0.29, 0.717) is 24.8 Å². The van der Waals surface area contributed by atoms with Crippen molar-refractivity contribution in [1.82, 2.24) is 0 Å². The van der Waals surface area contributed by atoms with Crippen molar-refractivity contribution in [1.29, 1.82) is 0 Å². The van der Waals surface area contributed by atoms with E-state index in [1.54, 1.807) is 0 Å². The molecule has 0 amide bonds. The van der Waals surface area contributed by atoms with Crippen LogP contribution in [0.4, 0.5) is 0 Å². The molecule has 0 spiro atoms. The molecule has 19 heavy (non-hydrogen) atoms. The fourth-order valence-electron chi connectivity index (χ4n) is 4.38. The van der Waals surface area contributed by atoms with Gasteiger partial charge in [0.1, 0.15) is 11.7 Å². The van der Waals surface area contributed by atoms with E-state index in [9.17, 15) is 15.0 Å². The van der Waals surface area contributed by atoms with Gasteiger partial charge in [0.15, 0.2) is 0 Å². The van der Waals surface area contributed by atoms with Crippen molar-refractivity contribution in [2.24, 2.45) is 17.3 Å². The van der Waals surface area contributed by atoms with Crippen molar-refractivity contribution >= 4 is 5.97 Å². The summed E-state index contributed by atoms with van der Waals surface area (Å²) in [7, 11) is 0. The molecule has 3 aliphatic rings. The van der Waals surface area contributed by atoms with Crippen LogP contribution in [0.1, 0.15) is 39.5 Å². The highest BCUT2D eigenvalue weighted by molar-refractivity contribution is 5.75. The summed E-state index contributed by atoms with van der Waals surface area (Å²) in [5.74, 6) is -0.376. The summed E-state index contributed by atoms with van der Waals surface area (Å²) in [6.45, 7) is 7.77. The molecule has 3 fully saturated rings. The molecule has 2 N–H and O–H groups in total. The second-order valence-corrected chi connectivity index (χ2v) is 6.69. The maximum Gasteiger partial charge on any atom is 0.309 e. The van der Waals surface area contributed by atoms with Gasteiger partial charge in [-0.1, -0.05) is 20.4 Å². The maximum atomic E-state index is 11.8. The molecule has 1 heterocycles. The average molecular weight is 266 g/mol. The van der Waals surface area contributed by atoms with Gasteiger partial charge >= 0.3 is 5.97 Å². The molecule has 1 aliphatic heterocycles. The smallest absolute Gasteiger partial charge is 0.309 e. The SMILES string of the molecule is C=C1CC[C@H](O)[C@]2(C)CC[C@@H]3[C@H](C)C(=O)O[C@H]3[C@@]12O. The van der Waals surface area contributed by atoms with Crippen LogP contribution < -0.4 is 0 Å². The Morgan fingerprint density at radius 2 is 2.11 bits per heavy atom. The zero-order valence-electron chi connectivity index (χ0n) is 11.6. The van der Waals surface area contributed by atoms with Crippen molar-refractivity contribution in [2.45, 2.75) is 57.3 Å². The third-order valence-corrected chi connectivity index (χ3v) is 5.92. The van der Waals surface area contributed by atoms with E-state index in [2.05, 4.69) is 6.58 Å². The average Bonchev–Trinajstić information content (AvgIpc) is 2.66. The number of aliphatic hydroxyl groups is 2. The first-order valence-electron chi connectivity index (χ1n) is 7.11. The van der Waals surface area contributed by atoms with Crippen LogP contribution in [0.5, 0.6) is 0 Å². The van der Waals surface area contributed by atoms with E-state index in [1.807, 2.05) is 13.8 Å². The summed E-state index contributed by atoms with van der Waals surface area (Å²) in [6.07, 6.45) is 1.60. The molecule has 6 atom stereocenters. The Labute approximate surface area is 113 Å². The van der Waals surface area contributed by atoms with Crippen molar-refractivity contribution in [2.75, 3.05) is 0 Å². The van der Waals surface area contributed by atoms with Crippen LogP contribution in [0, 0.1) is 17.3 Å². The molecule has 0 aromatic rings. The summed E-state index contributed by atoms with van der Waals surface area (Å²) in [5.41, 5.74) is -1.24. The first kappa shape index (κ1) is 13.1. The van der Waals surface area contributed by atoms with Gasteiger partial charge in [-0.2, -0.15) is 0 Å². The number of carbonyl (C=O) groups excluding carboxylic acids is 1. The lowest BCUT2D eigenvalue weighted by atomic mass is 9.51. The summed E-state index contributed by atoms with van der Waals surface area (Å²) < 4.78 is 5.47. The third-order valence-electron chi connectivity index (χ3n) is 5.92. The minimum atomic E-state index is -1.28. The van der Waals surface area contributed by atoms with E-state index in [0.717, 1.165) is 6.42 Å². The number of fused-ring (bicyclic) bond motifs is 3. The number of hydrogen-bond donors (Lipinski definition) is 2. The lowest BCUT2D eigenvalue weighted by Gasteiger charge is -2.58. The van der Waals surface area contributed by atoms with Crippen LogP contribution in [0.15, 0.2) is 12.2 Å². The monoisotopic (exact) mass is 266 g/mol. The molecule has 4 heteroatoms. The molecule has 3 rings (SSSR count). The Hall–Kier alpha value is -0.870. The Balaban J connectivity index is 2.08. The second kappa shape index (κ2) is 3.83. The normalized spacial score (nSPS) is 53.5. The summed E-state index contributed by atoms with van der Waals surface area (Å²) in [6, 6.07) is 0. The van der Waals surface area contributed by atoms with Gasteiger partial charge in [-0.3, -0.25) is 4.79 Å². The number of rotatable bonds is 0. The van der Waals surface area contributed by atoms with Crippen LogP contribution in [-0.2, 0) is 9.53 Å². The van der Waals surface area contributed by atoms with Crippen molar-refractivity contribution in [3.63, 3.8) is 0 Å². The molecule has 0 radical (unpaired) electrons. The summed E-state index contributed by atoms with van der Waals surface area (Å²) >= 11 is 0. The van der Waals surface area contributed by atoms with Gasteiger partial charge in [-0.25, -0.2) is 0 Å². The molecule has 106 valence electrons. The highest BCUT2D eigenvalue weighted by Gasteiger charge is 2.67. The second-order valence-electron chi connectivity index (χ2n) is 6.69. The first-order chi connectivity index (χ1) is 8.82. The minimum absolute atomic E-state index is 0.0348. The highest BCUT2D eigenvalue weighted by Crippen LogP contribution is 2.59. The van der Waals surface area contributed by atoms with Crippen molar-refractivity contribution in [3.05, 3.63) is 12.2 Å². The number of aliphatic hydroxyl groups excluding tert-OH is 1. The van der Waals surface area contributed by atoms with Gasteiger partial charge in [-0.05, 0) is 31.3 Å².